The van der Waals surface area contributed by atoms with Gasteiger partial charge in [-0.15, -0.1) is 11.3 Å². The zero-order valence-corrected chi connectivity index (χ0v) is 13.6. The van der Waals surface area contributed by atoms with Crippen LogP contribution in [0.2, 0.25) is 0 Å². The molecule has 0 bridgehead atoms. The maximum Gasteiger partial charge on any atom is 0.0897 e. The molecule has 1 N–H and O–H groups in total. The Balaban J connectivity index is 1.67. The van der Waals surface area contributed by atoms with Crippen LogP contribution in [0.3, 0.4) is 0 Å². The lowest BCUT2D eigenvalue weighted by molar-refractivity contribution is -0.0297. The molecular formula is C17H22N2O2S. The Morgan fingerprint density at radius 3 is 3.14 bits per heavy atom. The highest BCUT2D eigenvalue weighted by Gasteiger charge is 2.26. The van der Waals surface area contributed by atoms with Gasteiger partial charge in [-0.25, -0.2) is 0 Å². The fraction of sp³-hybridized carbons (Fsp3) is 0.471. The van der Waals surface area contributed by atoms with Gasteiger partial charge in [-0.05, 0) is 36.4 Å². The summed E-state index contributed by atoms with van der Waals surface area (Å²) in [5, 5.41) is 12.4. The van der Waals surface area contributed by atoms with E-state index in [2.05, 4.69) is 16.0 Å². The molecule has 1 aliphatic heterocycles. The van der Waals surface area contributed by atoms with Gasteiger partial charge in [0, 0.05) is 35.9 Å². The van der Waals surface area contributed by atoms with E-state index in [1.807, 2.05) is 36.7 Å². The van der Waals surface area contributed by atoms with Crippen molar-refractivity contribution in [2.24, 2.45) is 0 Å². The highest BCUT2D eigenvalue weighted by Crippen LogP contribution is 2.26. The predicted octanol–water partition coefficient (Wildman–Crippen LogP) is 2.78. The molecule has 3 rings (SSSR count). The number of pyridine rings is 1. The first-order valence-electron chi connectivity index (χ1n) is 7.68. The molecule has 1 saturated heterocycles. The number of hydrogen-bond donors (Lipinski definition) is 1. The Bertz CT molecular complexity index is 588. The molecule has 0 spiro atoms. The van der Waals surface area contributed by atoms with Gasteiger partial charge < -0.3 is 9.84 Å². The fourth-order valence-corrected chi connectivity index (χ4v) is 3.60. The number of aromatic nitrogens is 1. The standard InChI is InChI=1S/C17H22N2O2S/c1-13-14(4-2-6-18-13)11-19-7-8-21-12-15(19)10-16(20)17-5-3-9-22-17/h2-6,9,15-16,20H,7-8,10-12H2,1H3. The van der Waals surface area contributed by atoms with Gasteiger partial charge in [0.05, 0.1) is 19.3 Å². The number of ether oxygens (including phenoxy) is 1. The molecule has 3 heterocycles. The zero-order valence-electron chi connectivity index (χ0n) is 12.8. The average Bonchev–Trinajstić information content (AvgIpc) is 3.06. The van der Waals surface area contributed by atoms with Crippen LogP contribution in [0.25, 0.3) is 0 Å². The lowest BCUT2D eigenvalue weighted by Crippen LogP contribution is -2.45. The summed E-state index contributed by atoms with van der Waals surface area (Å²) in [6, 6.07) is 8.33. The third-order valence-corrected chi connectivity index (χ3v) is 5.18. The second kappa shape index (κ2) is 7.33. The van der Waals surface area contributed by atoms with Crippen LogP contribution in [0.4, 0.5) is 0 Å². The minimum Gasteiger partial charge on any atom is -0.388 e. The van der Waals surface area contributed by atoms with Gasteiger partial charge in [0.15, 0.2) is 0 Å². The monoisotopic (exact) mass is 318 g/mol. The van der Waals surface area contributed by atoms with Crippen molar-refractivity contribution in [1.29, 1.82) is 0 Å². The number of rotatable bonds is 5. The number of nitrogens with zero attached hydrogens (tertiary/aromatic N) is 2. The van der Waals surface area contributed by atoms with Crippen LogP contribution in [-0.4, -0.2) is 40.8 Å². The van der Waals surface area contributed by atoms with Gasteiger partial charge in [-0.2, -0.15) is 0 Å². The minimum atomic E-state index is -0.413. The van der Waals surface area contributed by atoms with Crippen molar-refractivity contribution in [2.45, 2.75) is 32.0 Å². The number of aliphatic hydroxyl groups is 1. The summed E-state index contributed by atoms with van der Waals surface area (Å²) >= 11 is 1.61. The molecule has 22 heavy (non-hydrogen) atoms. The van der Waals surface area contributed by atoms with E-state index in [4.69, 9.17) is 4.74 Å². The van der Waals surface area contributed by atoms with Gasteiger partial charge in [-0.1, -0.05) is 12.1 Å². The summed E-state index contributed by atoms with van der Waals surface area (Å²) in [6.45, 7) is 5.25. The van der Waals surface area contributed by atoms with Crippen LogP contribution < -0.4 is 0 Å². The van der Waals surface area contributed by atoms with Crippen molar-refractivity contribution in [3.05, 3.63) is 52.0 Å². The van der Waals surface area contributed by atoms with E-state index >= 15 is 0 Å². The minimum absolute atomic E-state index is 0.241. The molecule has 1 fully saturated rings. The maximum absolute atomic E-state index is 10.4. The molecule has 2 unspecified atom stereocenters. The molecular weight excluding hydrogens is 296 g/mol. The van der Waals surface area contributed by atoms with E-state index in [1.54, 1.807) is 11.3 Å². The van der Waals surface area contributed by atoms with E-state index in [0.29, 0.717) is 13.0 Å². The van der Waals surface area contributed by atoms with E-state index in [-0.39, 0.29) is 6.04 Å². The summed E-state index contributed by atoms with van der Waals surface area (Å²) < 4.78 is 5.63. The van der Waals surface area contributed by atoms with E-state index in [1.165, 1.54) is 5.56 Å². The first-order valence-corrected chi connectivity index (χ1v) is 8.56. The summed E-state index contributed by atoms with van der Waals surface area (Å²) in [5.74, 6) is 0. The molecule has 0 amide bonds. The first kappa shape index (κ1) is 15.6. The molecule has 5 heteroatoms. The van der Waals surface area contributed by atoms with E-state index < -0.39 is 6.10 Å². The molecule has 0 saturated carbocycles. The Labute approximate surface area is 135 Å². The smallest absolute Gasteiger partial charge is 0.0897 e. The van der Waals surface area contributed by atoms with Crippen molar-refractivity contribution in [2.75, 3.05) is 19.8 Å². The first-order chi connectivity index (χ1) is 10.7. The molecule has 0 aliphatic carbocycles. The van der Waals surface area contributed by atoms with Crippen LogP contribution >= 0.6 is 11.3 Å². The Morgan fingerprint density at radius 1 is 1.45 bits per heavy atom. The quantitative estimate of drug-likeness (QED) is 0.921. The van der Waals surface area contributed by atoms with Gasteiger partial charge >= 0.3 is 0 Å². The van der Waals surface area contributed by atoms with E-state index in [9.17, 15) is 5.11 Å². The number of morpholine rings is 1. The summed E-state index contributed by atoms with van der Waals surface area (Å²) in [7, 11) is 0. The Morgan fingerprint density at radius 2 is 2.36 bits per heavy atom. The molecule has 4 nitrogen and oxygen atoms in total. The maximum atomic E-state index is 10.4. The molecule has 2 aromatic heterocycles. The van der Waals surface area contributed by atoms with Crippen LogP contribution in [0.5, 0.6) is 0 Å². The van der Waals surface area contributed by atoms with Crippen LogP contribution in [-0.2, 0) is 11.3 Å². The summed E-state index contributed by atoms with van der Waals surface area (Å²) in [4.78, 5) is 7.80. The number of aryl methyl sites for hydroxylation is 1. The van der Waals surface area contributed by atoms with Gasteiger partial charge in [0.25, 0.3) is 0 Å². The van der Waals surface area contributed by atoms with Crippen molar-refractivity contribution < 1.29 is 9.84 Å². The summed E-state index contributed by atoms with van der Waals surface area (Å²) in [6.07, 6.45) is 2.12. The highest BCUT2D eigenvalue weighted by atomic mass is 32.1. The Kier molecular flexibility index (Phi) is 5.20. The predicted molar refractivity (Wildman–Crippen MR) is 87.9 cm³/mol. The van der Waals surface area contributed by atoms with E-state index in [0.717, 1.165) is 30.3 Å². The molecule has 118 valence electrons. The lowest BCUT2D eigenvalue weighted by Gasteiger charge is -2.36. The molecule has 0 radical (unpaired) electrons. The van der Waals surface area contributed by atoms with Crippen molar-refractivity contribution in [1.82, 2.24) is 9.88 Å². The fourth-order valence-electron chi connectivity index (χ4n) is 2.87. The Hall–Kier alpha value is -1.27. The number of aliphatic hydroxyl groups excluding tert-OH is 1. The van der Waals surface area contributed by atoms with Crippen molar-refractivity contribution in [3.8, 4) is 0 Å². The summed E-state index contributed by atoms with van der Waals surface area (Å²) in [5.41, 5.74) is 2.33. The molecule has 2 atom stereocenters. The van der Waals surface area contributed by atoms with Crippen LogP contribution in [0.15, 0.2) is 35.8 Å². The van der Waals surface area contributed by atoms with Crippen molar-refractivity contribution >= 4 is 11.3 Å². The average molecular weight is 318 g/mol. The number of hydrogen-bond acceptors (Lipinski definition) is 5. The normalized spacial score (nSPS) is 20.9. The number of thiophene rings is 1. The second-order valence-corrected chi connectivity index (χ2v) is 6.69. The SMILES string of the molecule is Cc1ncccc1CN1CCOCC1CC(O)c1cccs1. The van der Waals surface area contributed by atoms with Crippen LogP contribution in [0.1, 0.15) is 28.7 Å². The molecule has 1 aliphatic rings. The zero-order chi connectivity index (χ0) is 15.4. The third-order valence-electron chi connectivity index (χ3n) is 4.21. The molecule has 0 aromatic carbocycles. The molecule has 2 aromatic rings. The van der Waals surface area contributed by atoms with Gasteiger partial charge in [-0.3, -0.25) is 9.88 Å². The lowest BCUT2D eigenvalue weighted by atomic mass is 10.0. The topological polar surface area (TPSA) is 45.6 Å². The second-order valence-electron chi connectivity index (χ2n) is 5.71. The van der Waals surface area contributed by atoms with Crippen LogP contribution in [0, 0.1) is 6.92 Å². The van der Waals surface area contributed by atoms with Crippen molar-refractivity contribution in [3.63, 3.8) is 0 Å². The third kappa shape index (κ3) is 3.73. The van der Waals surface area contributed by atoms with Gasteiger partial charge in [0.1, 0.15) is 0 Å². The highest BCUT2D eigenvalue weighted by molar-refractivity contribution is 7.10. The van der Waals surface area contributed by atoms with Gasteiger partial charge in [0.2, 0.25) is 0 Å². The largest absolute Gasteiger partial charge is 0.388 e.